The third-order valence-corrected chi connectivity index (χ3v) is 3.49. The van der Waals surface area contributed by atoms with Crippen molar-refractivity contribution in [1.29, 1.82) is 0 Å². The van der Waals surface area contributed by atoms with Crippen LogP contribution in [0.4, 0.5) is 5.69 Å². The normalized spacial score (nSPS) is 10.6. The molecule has 0 aliphatic heterocycles. The molecule has 2 N–H and O–H groups in total. The molecule has 0 fully saturated rings. The molecule has 2 aromatic rings. The number of nitro benzene ring substituents is 1. The molecule has 2 rings (SSSR count). The maximum Gasteiger partial charge on any atom is 0.323 e. The minimum Gasteiger partial charge on any atom is -0.504 e. The van der Waals surface area contributed by atoms with E-state index in [1.54, 1.807) is 12.1 Å². The van der Waals surface area contributed by atoms with Crippen LogP contribution in [-0.4, -0.2) is 35.9 Å². The highest BCUT2D eigenvalue weighted by molar-refractivity contribution is 5.89. The fraction of sp³-hybridized carbons (Fsp3) is 0.222. The summed E-state index contributed by atoms with van der Waals surface area (Å²) in [6.07, 6.45) is 1.09. The first kappa shape index (κ1) is 19.7. The summed E-state index contributed by atoms with van der Waals surface area (Å²) in [5.74, 6) is -0.620. The zero-order valence-electron chi connectivity index (χ0n) is 15.1. The molecule has 0 spiro atoms. The van der Waals surface area contributed by atoms with E-state index in [0.717, 1.165) is 17.3 Å². The number of phenols is 1. The molecular formula is C18H19N3O6. The third-order valence-electron chi connectivity index (χ3n) is 3.49. The first-order valence-electron chi connectivity index (χ1n) is 7.89. The number of phenolic OH excluding ortho intramolecular Hbond substituents is 1. The van der Waals surface area contributed by atoms with Gasteiger partial charge in [-0.05, 0) is 49.2 Å². The quantitative estimate of drug-likeness (QED) is 0.436. The molecule has 0 aliphatic rings. The second-order valence-corrected chi connectivity index (χ2v) is 5.72. The first-order valence-corrected chi connectivity index (χ1v) is 7.89. The fourth-order valence-corrected chi connectivity index (χ4v) is 2.44. The SMILES string of the molecule is COc1c(O)ccc(/C=N\NC(=O)COc2cc(C)cc(C)c2)c1[N+](=O)[O-]. The molecule has 0 heterocycles. The van der Waals surface area contributed by atoms with Crippen LogP contribution >= 0.6 is 0 Å². The van der Waals surface area contributed by atoms with Gasteiger partial charge in [0, 0.05) is 0 Å². The van der Waals surface area contributed by atoms with E-state index < -0.39 is 16.5 Å². The zero-order chi connectivity index (χ0) is 20.0. The first-order chi connectivity index (χ1) is 12.8. The number of aromatic hydroxyl groups is 1. The summed E-state index contributed by atoms with van der Waals surface area (Å²) in [4.78, 5) is 22.3. The van der Waals surface area contributed by atoms with Crippen LogP contribution < -0.4 is 14.9 Å². The van der Waals surface area contributed by atoms with Crippen molar-refractivity contribution in [3.63, 3.8) is 0 Å². The Labute approximate surface area is 155 Å². The van der Waals surface area contributed by atoms with Crippen molar-refractivity contribution in [3.05, 3.63) is 57.1 Å². The Morgan fingerprint density at radius 2 is 1.96 bits per heavy atom. The van der Waals surface area contributed by atoms with Gasteiger partial charge in [-0.15, -0.1) is 0 Å². The number of nitrogens with zero attached hydrogens (tertiary/aromatic N) is 2. The van der Waals surface area contributed by atoms with Crippen LogP contribution in [0.5, 0.6) is 17.2 Å². The molecule has 0 saturated heterocycles. The Hall–Kier alpha value is -3.62. The molecule has 0 unspecified atom stereocenters. The average molecular weight is 373 g/mol. The molecule has 2 aromatic carbocycles. The van der Waals surface area contributed by atoms with Crippen LogP contribution in [0.2, 0.25) is 0 Å². The van der Waals surface area contributed by atoms with Crippen molar-refractivity contribution < 1.29 is 24.3 Å². The number of hydrazone groups is 1. The van der Waals surface area contributed by atoms with E-state index in [0.29, 0.717) is 5.75 Å². The molecule has 142 valence electrons. The summed E-state index contributed by atoms with van der Waals surface area (Å²) in [5.41, 5.74) is 3.85. The van der Waals surface area contributed by atoms with E-state index in [9.17, 15) is 20.0 Å². The van der Waals surface area contributed by atoms with E-state index in [4.69, 9.17) is 9.47 Å². The molecule has 0 saturated carbocycles. The predicted octanol–water partition coefficient (Wildman–Crippen LogP) is 2.45. The number of aryl methyl sites for hydroxylation is 2. The fourth-order valence-electron chi connectivity index (χ4n) is 2.44. The molecule has 0 bridgehead atoms. The number of carbonyl (C=O) groups is 1. The van der Waals surface area contributed by atoms with Gasteiger partial charge < -0.3 is 14.6 Å². The average Bonchev–Trinajstić information content (AvgIpc) is 2.59. The summed E-state index contributed by atoms with van der Waals surface area (Å²) in [5, 5.41) is 24.5. The lowest BCUT2D eigenvalue weighted by Gasteiger charge is -2.07. The Morgan fingerprint density at radius 1 is 1.30 bits per heavy atom. The maximum absolute atomic E-state index is 11.8. The zero-order valence-corrected chi connectivity index (χ0v) is 15.1. The molecule has 0 atom stereocenters. The number of amides is 1. The van der Waals surface area contributed by atoms with Crippen LogP contribution in [0.15, 0.2) is 35.4 Å². The number of nitrogens with one attached hydrogen (secondary N) is 1. The monoisotopic (exact) mass is 373 g/mol. The standard InChI is InChI=1S/C18H19N3O6/c1-11-6-12(2)8-14(7-11)27-10-16(23)20-19-9-13-4-5-15(22)18(26-3)17(13)21(24)25/h4-9,22H,10H2,1-3H3,(H,20,23)/b19-9-. The molecule has 9 nitrogen and oxygen atoms in total. The van der Waals surface area contributed by atoms with Gasteiger partial charge in [-0.1, -0.05) is 6.07 Å². The van der Waals surface area contributed by atoms with E-state index >= 15 is 0 Å². The van der Waals surface area contributed by atoms with Gasteiger partial charge in [0.25, 0.3) is 5.91 Å². The lowest BCUT2D eigenvalue weighted by molar-refractivity contribution is -0.386. The molecule has 27 heavy (non-hydrogen) atoms. The van der Waals surface area contributed by atoms with Gasteiger partial charge >= 0.3 is 5.69 Å². The van der Waals surface area contributed by atoms with Crippen LogP contribution in [-0.2, 0) is 4.79 Å². The largest absolute Gasteiger partial charge is 0.504 e. The highest BCUT2D eigenvalue weighted by atomic mass is 16.6. The van der Waals surface area contributed by atoms with Gasteiger partial charge in [-0.2, -0.15) is 5.10 Å². The molecule has 1 amide bonds. The van der Waals surface area contributed by atoms with Gasteiger partial charge in [0.15, 0.2) is 12.4 Å². The van der Waals surface area contributed by atoms with Crippen molar-refractivity contribution in [2.45, 2.75) is 13.8 Å². The summed E-state index contributed by atoms with van der Waals surface area (Å²) < 4.78 is 10.3. The van der Waals surface area contributed by atoms with Crippen molar-refractivity contribution in [2.24, 2.45) is 5.10 Å². The Kier molecular flexibility index (Phi) is 6.32. The lowest BCUT2D eigenvalue weighted by Crippen LogP contribution is -2.24. The molecular weight excluding hydrogens is 354 g/mol. The van der Waals surface area contributed by atoms with E-state index in [-0.39, 0.29) is 23.7 Å². The van der Waals surface area contributed by atoms with E-state index in [1.165, 1.54) is 19.2 Å². The van der Waals surface area contributed by atoms with Crippen LogP contribution in [0.1, 0.15) is 16.7 Å². The molecule has 0 aromatic heterocycles. The van der Waals surface area contributed by atoms with Crippen molar-refractivity contribution in [2.75, 3.05) is 13.7 Å². The van der Waals surface area contributed by atoms with Crippen molar-refractivity contribution >= 4 is 17.8 Å². The van der Waals surface area contributed by atoms with Gasteiger partial charge in [-0.25, -0.2) is 5.43 Å². The molecule has 0 radical (unpaired) electrons. The summed E-state index contributed by atoms with van der Waals surface area (Å²) in [7, 11) is 1.20. The molecule has 0 aliphatic carbocycles. The Morgan fingerprint density at radius 3 is 2.56 bits per heavy atom. The minimum absolute atomic E-state index is 0.0603. The highest BCUT2D eigenvalue weighted by Gasteiger charge is 2.23. The van der Waals surface area contributed by atoms with E-state index in [1.807, 2.05) is 19.9 Å². The number of benzene rings is 2. The number of hydrogen-bond acceptors (Lipinski definition) is 7. The number of nitro groups is 1. The van der Waals surface area contributed by atoms with Crippen molar-refractivity contribution in [3.8, 4) is 17.2 Å². The number of carbonyl (C=O) groups excluding carboxylic acids is 1. The summed E-state index contributed by atoms with van der Waals surface area (Å²) >= 11 is 0. The highest BCUT2D eigenvalue weighted by Crippen LogP contribution is 2.37. The summed E-state index contributed by atoms with van der Waals surface area (Å²) in [6, 6.07) is 8.11. The maximum atomic E-state index is 11.8. The number of methoxy groups -OCH3 is 1. The lowest BCUT2D eigenvalue weighted by atomic mass is 10.1. The van der Waals surface area contributed by atoms with Gasteiger partial charge in [-0.3, -0.25) is 14.9 Å². The summed E-state index contributed by atoms with van der Waals surface area (Å²) in [6.45, 7) is 3.58. The topological polar surface area (TPSA) is 123 Å². The van der Waals surface area contributed by atoms with E-state index in [2.05, 4.69) is 10.5 Å². The van der Waals surface area contributed by atoms with Crippen LogP contribution in [0.3, 0.4) is 0 Å². The number of hydrogen-bond donors (Lipinski definition) is 2. The Bertz CT molecular complexity index is 875. The Balaban J connectivity index is 2.02. The smallest absolute Gasteiger partial charge is 0.323 e. The predicted molar refractivity (Wildman–Crippen MR) is 98.5 cm³/mol. The number of rotatable bonds is 7. The number of ether oxygens (including phenoxy) is 2. The van der Waals surface area contributed by atoms with Crippen LogP contribution in [0.25, 0.3) is 0 Å². The second-order valence-electron chi connectivity index (χ2n) is 5.72. The second kappa shape index (κ2) is 8.65. The van der Waals surface area contributed by atoms with Gasteiger partial charge in [0.1, 0.15) is 5.75 Å². The van der Waals surface area contributed by atoms with Crippen LogP contribution in [0, 0.1) is 24.0 Å². The van der Waals surface area contributed by atoms with Crippen molar-refractivity contribution in [1.82, 2.24) is 5.43 Å². The third kappa shape index (κ3) is 5.18. The molecule has 9 heteroatoms. The minimum atomic E-state index is -0.703. The van der Waals surface area contributed by atoms with Gasteiger partial charge in [0.05, 0.1) is 23.8 Å². The van der Waals surface area contributed by atoms with Gasteiger partial charge in [0.2, 0.25) is 5.75 Å².